The molecule has 0 atom stereocenters. The Hall–Kier alpha value is -1.51. The lowest BCUT2D eigenvalue weighted by atomic mass is 10.0. The number of aromatic nitrogens is 4. The number of rotatable bonds is 3. The average Bonchev–Trinajstić information content (AvgIpc) is 3.04. The van der Waals surface area contributed by atoms with Crippen molar-refractivity contribution in [2.75, 3.05) is 7.11 Å². The lowest BCUT2D eigenvalue weighted by Crippen LogP contribution is -2.18. The van der Waals surface area contributed by atoms with Gasteiger partial charge in [-0.25, -0.2) is 4.98 Å². The standard InChI is InChI=1S/C14H15IN4O2/c1-21-10-7-6-9(18-19-10)13-16-12(8-4-2-3-5-8)11(15)14(20)17-13/h6-8H,2-5H2,1H3,(H,16,17,20). The number of hydrogen-bond acceptors (Lipinski definition) is 5. The number of nitrogens with one attached hydrogen (secondary N) is 1. The predicted octanol–water partition coefficient (Wildman–Crippen LogP) is 2.50. The topological polar surface area (TPSA) is 80.8 Å². The molecule has 0 aromatic carbocycles. The van der Waals surface area contributed by atoms with Crippen LogP contribution in [0.2, 0.25) is 0 Å². The number of halogens is 1. The third-order valence-corrected chi connectivity index (χ3v) is 4.76. The first kappa shape index (κ1) is 14.4. The van der Waals surface area contributed by atoms with Gasteiger partial charge < -0.3 is 9.72 Å². The summed E-state index contributed by atoms with van der Waals surface area (Å²) in [7, 11) is 1.53. The fourth-order valence-electron chi connectivity index (χ4n) is 2.62. The molecule has 0 bridgehead atoms. The highest BCUT2D eigenvalue weighted by atomic mass is 127. The van der Waals surface area contributed by atoms with Gasteiger partial charge in [0.1, 0.15) is 9.26 Å². The Kier molecular flexibility index (Phi) is 4.18. The molecule has 2 heterocycles. The maximum absolute atomic E-state index is 12.1. The zero-order valence-electron chi connectivity index (χ0n) is 11.6. The van der Waals surface area contributed by atoms with E-state index in [1.165, 1.54) is 20.0 Å². The van der Waals surface area contributed by atoms with Crippen LogP contribution < -0.4 is 10.3 Å². The van der Waals surface area contributed by atoms with Crippen LogP contribution in [0.3, 0.4) is 0 Å². The van der Waals surface area contributed by atoms with E-state index >= 15 is 0 Å². The summed E-state index contributed by atoms with van der Waals surface area (Å²) in [6.07, 6.45) is 4.60. The quantitative estimate of drug-likeness (QED) is 0.804. The highest BCUT2D eigenvalue weighted by Gasteiger charge is 2.23. The second-order valence-corrected chi connectivity index (χ2v) is 6.13. The summed E-state index contributed by atoms with van der Waals surface area (Å²) in [5.41, 5.74) is 1.33. The van der Waals surface area contributed by atoms with Crippen LogP contribution in [-0.2, 0) is 0 Å². The number of H-pyrrole nitrogens is 1. The Labute approximate surface area is 135 Å². The second-order valence-electron chi connectivity index (χ2n) is 5.06. The van der Waals surface area contributed by atoms with Crippen molar-refractivity contribution >= 4 is 22.6 Å². The van der Waals surface area contributed by atoms with Crippen LogP contribution in [0.4, 0.5) is 0 Å². The average molecular weight is 398 g/mol. The predicted molar refractivity (Wildman–Crippen MR) is 86.4 cm³/mol. The summed E-state index contributed by atoms with van der Waals surface area (Å²) in [5.74, 6) is 1.28. The Bertz CT molecular complexity index is 693. The zero-order chi connectivity index (χ0) is 14.8. The Balaban J connectivity index is 2.03. The molecule has 2 aromatic rings. The van der Waals surface area contributed by atoms with E-state index in [1.807, 2.05) is 0 Å². The SMILES string of the molecule is COc1ccc(-c2nc(C3CCCC3)c(I)c(=O)[nH]2)nn1. The normalized spacial score (nSPS) is 15.3. The molecule has 0 unspecified atom stereocenters. The molecule has 1 fully saturated rings. The maximum Gasteiger partial charge on any atom is 0.264 e. The first-order valence-corrected chi connectivity index (χ1v) is 7.94. The lowest BCUT2D eigenvalue weighted by Gasteiger charge is -2.11. The van der Waals surface area contributed by atoms with Gasteiger partial charge in [-0.2, -0.15) is 0 Å². The Morgan fingerprint density at radius 1 is 1.29 bits per heavy atom. The van der Waals surface area contributed by atoms with E-state index in [9.17, 15) is 4.79 Å². The van der Waals surface area contributed by atoms with Gasteiger partial charge in [-0.3, -0.25) is 4.79 Å². The summed E-state index contributed by atoms with van der Waals surface area (Å²) in [6.45, 7) is 0. The highest BCUT2D eigenvalue weighted by Crippen LogP contribution is 2.34. The molecule has 0 radical (unpaired) electrons. The smallest absolute Gasteiger partial charge is 0.264 e. The van der Waals surface area contributed by atoms with Gasteiger partial charge in [0.2, 0.25) is 5.88 Å². The molecule has 6 nitrogen and oxygen atoms in total. The van der Waals surface area contributed by atoms with Gasteiger partial charge in [-0.05, 0) is 41.5 Å². The van der Waals surface area contributed by atoms with Gasteiger partial charge >= 0.3 is 0 Å². The third kappa shape index (κ3) is 2.92. The maximum atomic E-state index is 12.1. The van der Waals surface area contributed by atoms with Gasteiger partial charge in [0.05, 0.1) is 12.8 Å². The molecular weight excluding hydrogens is 383 g/mol. The molecule has 2 aromatic heterocycles. The van der Waals surface area contributed by atoms with Crippen LogP contribution in [0.25, 0.3) is 11.5 Å². The van der Waals surface area contributed by atoms with E-state index in [4.69, 9.17) is 4.74 Å². The van der Waals surface area contributed by atoms with Crippen LogP contribution in [0.5, 0.6) is 5.88 Å². The fraction of sp³-hybridized carbons (Fsp3) is 0.429. The number of hydrogen-bond donors (Lipinski definition) is 1. The number of aromatic amines is 1. The lowest BCUT2D eigenvalue weighted by molar-refractivity contribution is 0.392. The van der Waals surface area contributed by atoms with Crippen molar-refractivity contribution in [1.82, 2.24) is 20.2 Å². The first-order chi connectivity index (χ1) is 10.2. The fourth-order valence-corrected chi connectivity index (χ4v) is 3.32. The van der Waals surface area contributed by atoms with Crippen LogP contribution in [-0.4, -0.2) is 27.3 Å². The van der Waals surface area contributed by atoms with Crippen molar-refractivity contribution in [3.8, 4) is 17.4 Å². The molecule has 0 aliphatic heterocycles. The minimum atomic E-state index is -0.111. The van der Waals surface area contributed by atoms with E-state index in [0.29, 0.717) is 26.9 Å². The van der Waals surface area contributed by atoms with Gasteiger partial charge in [0, 0.05) is 12.0 Å². The van der Waals surface area contributed by atoms with Crippen molar-refractivity contribution in [2.45, 2.75) is 31.6 Å². The minimum absolute atomic E-state index is 0.111. The molecule has 1 aliphatic carbocycles. The summed E-state index contributed by atoms with van der Waals surface area (Å²) in [5, 5.41) is 7.96. The molecule has 1 saturated carbocycles. The number of ether oxygens (including phenoxy) is 1. The van der Waals surface area contributed by atoms with E-state index in [1.54, 1.807) is 12.1 Å². The van der Waals surface area contributed by atoms with Gasteiger partial charge in [0.25, 0.3) is 5.56 Å². The van der Waals surface area contributed by atoms with Crippen molar-refractivity contribution < 1.29 is 4.74 Å². The van der Waals surface area contributed by atoms with Crippen molar-refractivity contribution in [3.05, 3.63) is 31.8 Å². The molecule has 110 valence electrons. The Morgan fingerprint density at radius 2 is 2.05 bits per heavy atom. The van der Waals surface area contributed by atoms with Gasteiger partial charge in [-0.1, -0.05) is 12.8 Å². The van der Waals surface area contributed by atoms with Crippen LogP contribution in [0, 0.1) is 3.57 Å². The summed E-state index contributed by atoms with van der Waals surface area (Å²) < 4.78 is 5.67. The molecule has 3 rings (SSSR count). The van der Waals surface area contributed by atoms with Crippen LogP contribution in [0.1, 0.15) is 37.3 Å². The highest BCUT2D eigenvalue weighted by molar-refractivity contribution is 14.1. The van der Waals surface area contributed by atoms with Crippen molar-refractivity contribution in [2.24, 2.45) is 0 Å². The summed E-state index contributed by atoms with van der Waals surface area (Å²) in [6, 6.07) is 3.45. The Morgan fingerprint density at radius 3 is 2.67 bits per heavy atom. The molecular formula is C14H15IN4O2. The van der Waals surface area contributed by atoms with E-state index in [-0.39, 0.29) is 5.56 Å². The largest absolute Gasteiger partial charge is 0.480 e. The zero-order valence-corrected chi connectivity index (χ0v) is 13.8. The molecule has 1 N–H and O–H groups in total. The summed E-state index contributed by atoms with van der Waals surface area (Å²) >= 11 is 2.08. The van der Waals surface area contributed by atoms with Crippen molar-refractivity contribution in [1.29, 1.82) is 0 Å². The third-order valence-electron chi connectivity index (χ3n) is 3.72. The first-order valence-electron chi connectivity index (χ1n) is 6.87. The molecule has 0 saturated heterocycles. The van der Waals surface area contributed by atoms with E-state index in [2.05, 4.69) is 42.8 Å². The molecule has 0 spiro atoms. The number of methoxy groups -OCH3 is 1. The van der Waals surface area contributed by atoms with Crippen LogP contribution >= 0.6 is 22.6 Å². The number of nitrogens with zero attached hydrogens (tertiary/aromatic N) is 3. The van der Waals surface area contributed by atoms with E-state index in [0.717, 1.165) is 18.5 Å². The van der Waals surface area contributed by atoms with Crippen LogP contribution in [0.15, 0.2) is 16.9 Å². The molecule has 7 heteroatoms. The monoisotopic (exact) mass is 398 g/mol. The summed E-state index contributed by atoms with van der Waals surface area (Å²) in [4.78, 5) is 19.5. The van der Waals surface area contributed by atoms with Gasteiger partial charge in [0.15, 0.2) is 5.82 Å². The van der Waals surface area contributed by atoms with E-state index < -0.39 is 0 Å². The minimum Gasteiger partial charge on any atom is -0.480 e. The van der Waals surface area contributed by atoms with Gasteiger partial charge in [-0.15, -0.1) is 10.2 Å². The molecule has 0 amide bonds. The van der Waals surface area contributed by atoms with Crippen molar-refractivity contribution in [3.63, 3.8) is 0 Å². The molecule has 21 heavy (non-hydrogen) atoms. The molecule has 1 aliphatic rings. The second kappa shape index (κ2) is 6.08.